The highest BCUT2D eigenvalue weighted by molar-refractivity contribution is 5.79. The van der Waals surface area contributed by atoms with Crippen molar-refractivity contribution in [3.05, 3.63) is 59.8 Å². The quantitative estimate of drug-likeness (QED) is 0.493. The SMILES string of the molecule is CN=C(NCCC(C)N(C)Cc1ccccc1)NCc1ccnc(N2CCCC2)c1. The molecule has 1 saturated heterocycles. The number of benzene rings is 1. The van der Waals surface area contributed by atoms with Crippen LogP contribution in [0.2, 0.25) is 0 Å². The van der Waals surface area contributed by atoms with Gasteiger partial charge in [0.1, 0.15) is 5.82 Å². The molecule has 2 N–H and O–H groups in total. The Morgan fingerprint density at radius 3 is 2.63 bits per heavy atom. The molecule has 1 aromatic heterocycles. The molecule has 0 aliphatic carbocycles. The molecule has 1 aromatic carbocycles. The molecule has 0 bridgehead atoms. The second-order valence-electron chi connectivity index (χ2n) is 8.11. The van der Waals surface area contributed by atoms with E-state index in [4.69, 9.17) is 0 Å². The van der Waals surface area contributed by atoms with E-state index in [-0.39, 0.29) is 0 Å². The third-order valence-electron chi connectivity index (χ3n) is 5.81. The van der Waals surface area contributed by atoms with E-state index in [0.717, 1.165) is 50.9 Å². The lowest BCUT2D eigenvalue weighted by Crippen LogP contribution is -2.39. The zero-order valence-electron chi connectivity index (χ0n) is 18.6. The Morgan fingerprint density at radius 1 is 1.13 bits per heavy atom. The summed E-state index contributed by atoms with van der Waals surface area (Å²) in [6, 6.07) is 15.4. The first kappa shape index (κ1) is 22.1. The lowest BCUT2D eigenvalue weighted by atomic mass is 10.1. The maximum atomic E-state index is 4.53. The normalized spacial score (nSPS) is 15.5. The number of rotatable bonds is 9. The molecular formula is C24H36N6. The third-order valence-corrected chi connectivity index (χ3v) is 5.81. The first-order valence-electron chi connectivity index (χ1n) is 11.0. The Hall–Kier alpha value is -2.60. The predicted molar refractivity (Wildman–Crippen MR) is 126 cm³/mol. The Labute approximate surface area is 181 Å². The van der Waals surface area contributed by atoms with Crippen LogP contribution in [0.3, 0.4) is 0 Å². The molecule has 1 atom stereocenters. The average molecular weight is 409 g/mol. The zero-order chi connectivity index (χ0) is 21.2. The van der Waals surface area contributed by atoms with E-state index >= 15 is 0 Å². The van der Waals surface area contributed by atoms with Crippen LogP contribution in [0.1, 0.15) is 37.3 Å². The first-order chi connectivity index (χ1) is 14.7. The highest BCUT2D eigenvalue weighted by Crippen LogP contribution is 2.18. The summed E-state index contributed by atoms with van der Waals surface area (Å²) in [6.45, 7) is 7.10. The topological polar surface area (TPSA) is 55.8 Å². The fourth-order valence-corrected chi connectivity index (χ4v) is 3.74. The summed E-state index contributed by atoms with van der Waals surface area (Å²) < 4.78 is 0. The van der Waals surface area contributed by atoms with Crippen LogP contribution in [0.5, 0.6) is 0 Å². The monoisotopic (exact) mass is 408 g/mol. The Morgan fingerprint density at radius 2 is 1.90 bits per heavy atom. The molecule has 1 aliphatic heterocycles. The van der Waals surface area contributed by atoms with Gasteiger partial charge in [0, 0.05) is 52.0 Å². The van der Waals surface area contributed by atoms with Gasteiger partial charge in [0.15, 0.2) is 5.96 Å². The van der Waals surface area contributed by atoms with Crippen molar-refractivity contribution in [3.8, 4) is 0 Å². The summed E-state index contributed by atoms with van der Waals surface area (Å²) >= 11 is 0. The smallest absolute Gasteiger partial charge is 0.191 e. The molecule has 0 spiro atoms. The highest BCUT2D eigenvalue weighted by atomic mass is 15.2. The first-order valence-corrected chi connectivity index (χ1v) is 11.0. The number of pyridine rings is 1. The van der Waals surface area contributed by atoms with E-state index in [1.54, 1.807) is 0 Å². The van der Waals surface area contributed by atoms with Gasteiger partial charge in [-0.05, 0) is 56.5 Å². The van der Waals surface area contributed by atoms with Gasteiger partial charge in [-0.1, -0.05) is 30.3 Å². The van der Waals surface area contributed by atoms with E-state index in [1.165, 1.54) is 24.0 Å². The van der Waals surface area contributed by atoms with Crippen LogP contribution >= 0.6 is 0 Å². The standard InChI is InChI=1S/C24H36N6/c1-20(29(3)19-21-9-5-4-6-10-21)11-13-27-24(25-2)28-18-22-12-14-26-23(17-22)30-15-7-8-16-30/h4-6,9-10,12,14,17,20H,7-8,11,13,15-16,18-19H2,1-3H3,(H2,25,27,28). The molecule has 0 amide bonds. The van der Waals surface area contributed by atoms with Crippen molar-refractivity contribution < 1.29 is 0 Å². The molecule has 6 nitrogen and oxygen atoms in total. The summed E-state index contributed by atoms with van der Waals surface area (Å²) in [5.74, 6) is 1.93. The minimum atomic E-state index is 0.485. The second-order valence-corrected chi connectivity index (χ2v) is 8.11. The number of aromatic nitrogens is 1. The summed E-state index contributed by atoms with van der Waals surface area (Å²) in [5.41, 5.74) is 2.58. The molecule has 6 heteroatoms. The molecule has 1 aliphatic rings. The zero-order valence-corrected chi connectivity index (χ0v) is 18.6. The molecule has 162 valence electrons. The summed E-state index contributed by atoms with van der Waals surface area (Å²) in [4.78, 5) is 13.7. The van der Waals surface area contributed by atoms with Crippen LogP contribution in [0.4, 0.5) is 5.82 Å². The molecule has 2 aromatic rings. The maximum absolute atomic E-state index is 4.53. The second kappa shape index (κ2) is 11.6. The van der Waals surface area contributed by atoms with Crippen molar-refractivity contribution in [1.82, 2.24) is 20.5 Å². The average Bonchev–Trinajstić information content (AvgIpc) is 3.32. The van der Waals surface area contributed by atoms with Gasteiger partial charge in [0.2, 0.25) is 0 Å². The molecule has 3 rings (SSSR count). The predicted octanol–water partition coefficient (Wildman–Crippen LogP) is 3.26. The largest absolute Gasteiger partial charge is 0.357 e. The van der Waals surface area contributed by atoms with Crippen molar-refractivity contribution in [1.29, 1.82) is 0 Å². The van der Waals surface area contributed by atoms with Crippen LogP contribution in [0.15, 0.2) is 53.7 Å². The van der Waals surface area contributed by atoms with Gasteiger partial charge in [0.05, 0.1) is 0 Å². The molecule has 1 unspecified atom stereocenters. The van der Waals surface area contributed by atoms with E-state index in [2.05, 4.69) is 86.8 Å². The minimum Gasteiger partial charge on any atom is -0.357 e. The number of hydrogen-bond acceptors (Lipinski definition) is 4. The maximum Gasteiger partial charge on any atom is 0.191 e. The van der Waals surface area contributed by atoms with Gasteiger partial charge < -0.3 is 15.5 Å². The molecule has 0 saturated carbocycles. The number of nitrogens with zero attached hydrogens (tertiary/aromatic N) is 4. The van der Waals surface area contributed by atoms with Crippen LogP contribution < -0.4 is 15.5 Å². The van der Waals surface area contributed by atoms with E-state index in [1.807, 2.05) is 13.2 Å². The number of nitrogens with one attached hydrogen (secondary N) is 2. The van der Waals surface area contributed by atoms with E-state index in [9.17, 15) is 0 Å². The molecule has 30 heavy (non-hydrogen) atoms. The molecular weight excluding hydrogens is 372 g/mol. The van der Waals surface area contributed by atoms with Gasteiger partial charge in [-0.2, -0.15) is 0 Å². The van der Waals surface area contributed by atoms with Gasteiger partial charge >= 0.3 is 0 Å². The summed E-state index contributed by atoms with van der Waals surface area (Å²) in [5, 5.41) is 6.87. The van der Waals surface area contributed by atoms with Crippen molar-refractivity contribution in [2.75, 3.05) is 38.6 Å². The Bertz CT molecular complexity index is 785. The van der Waals surface area contributed by atoms with Crippen LogP contribution in [-0.4, -0.2) is 55.6 Å². The van der Waals surface area contributed by atoms with Gasteiger partial charge in [0.25, 0.3) is 0 Å². The van der Waals surface area contributed by atoms with Gasteiger partial charge in [-0.15, -0.1) is 0 Å². The van der Waals surface area contributed by atoms with Crippen LogP contribution in [0.25, 0.3) is 0 Å². The highest BCUT2D eigenvalue weighted by Gasteiger charge is 2.14. The Balaban J connectivity index is 1.40. The Kier molecular flexibility index (Phi) is 8.51. The number of aliphatic imine (C=N–C) groups is 1. The van der Waals surface area contributed by atoms with Crippen LogP contribution in [-0.2, 0) is 13.1 Å². The van der Waals surface area contributed by atoms with Crippen molar-refractivity contribution in [2.24, 2.45) is 4.99 Å². The van der Waals surface area contributed by atoms with E-state index in [0.29, 0.717) is 6.04 Å². The number of guanidine groups is 1. The van der Waals surface area contributed by atoms with Crippen molar-refractivity contribution >= 4 is 11.8 Å². The lowest BCUT2D eigenvalue weighted by molar-refractivity contribution is 0.238. The number of hydrogen-bond donors (Lipinski definition) is 2. The van der Waals surface area contributed by atoms with Crippen molar-refractivity contribution in [2.45, 2.75) is 45.3 Å². The minimum absolute atomic E-state index is 0.485. The molecule has 1 fully saturated rings. The number of anilines is 1. The fraction of sp³-hybridized carbons (Fsp3) is 0.500. The molecule has 0 radical (unpaired) electrons. The lowest BCUT2D eigenvalue weighted by Gasteiger charge is -2.25. The van der Waals surface area contributed by atoms with Gasteiger partial charge in [-0.3, -0.25) is 9.89 Å². The van der Waals surface area contributed by atoms with Crippen molar-refractivity contribution in [3.63, 3.8) is 0 Å². The summed E-state index contributed by atoms with van der Waals surface area (Å²) in [7, 11) is 4.01. The third kappa shape index (κ3) is 6.73. The summed E-state index contributed by atoms with van der Waals surface area (Å²) in [6.07, 6.45) is 5.49. The fourth-order valence-electron chi connectivity index (χ4n) is 3.74. The van der Waals surface area contributed by atoms with Gasteiger partial charge in [-0.25, -0.2) is 4.98 Å². The molecule has 2 heterocycles. The van der Waals surface area contributed by atoms with Crippen LogP contribution in [0, 0.1) is 0 Å². The van der Waals surface area contributed by atoms with E-state index < -0.39 is 0 Å².